The molecule has 0 aromatic heterocycles. The quantitative estimate of drug-likeness (QED) is 0.800. The number of hydrogen-bond acceptors (Lipinski definition) is 4. The maximum absolute atomic E-state index is 12.3. The van der Waals surface area contributed by atoms with Gasteiger partial charge in [0, 0.05) is 6.04 Å². The molecule has 0 bridgehead atoms. The summed E-state index contributed by atoms with van der Waals surface area (Å²) in [4.78, 5) is 12.3. The molecule has 4 heteroatoms. The number of carbonyl (C=O) groups excluding carboxylic acids is 1. The highest BCUT2D eigenvalue weighted by atomic mass is 16.5. The third-order valence-corrected chi connectivity index (χ3v) is 3.40. The molecule has 1 aliphatic carbocycles. The van der Waals surface area contributed by atoms with Crippen molar-refractivity contribution < 1.29 is 14.3 Å². The van der Waals surface area contributed by atoms with Crippen molar-refractivity contribution in [1.29, 1.82) is 0 Å². The second kappa shape index (κ2) is 5.61. The molecule has 1 N–H and O–H groups in total. The molecule has 0 spiro atoms. The van der Waals surface area contributed by atoms with E-state index in [0.717, 1.165) is 24.2 Å². The van der Waals surface area contributed by atoms with E-state index in [4.69, 9.17) is 9.47 Å². The number of rotatable bonds is 6. The summed E-state index contributed by atoms with van der Waals surface area (Å²) >= 11 is 0. The van der Waals surface area contributed by atoms with Crippen molar-refractivity contribution in [2.24, 2.45) is 0 Å². The van der Waals surface area contributed by atoms with Gasteiger partial charge in [-0.3, -0.25) is 5.32 Å². The summed E-state index contributed by atoms with van der Waals surface area (Å²) in [5, 5.41) is 3.39. The fourth-order valence-electron chi connectivity index (χ4n) is 2.11. The Balaban J connectivity index is 2.31. The van der Waals surface area contributed by atoms with Gasteiger partial charge in [0.15, 0.2) is 0 Å². The maximum atomic E-state index is 12.3. The number of esters is 1. The van der Waals surface area contributed by atoms with Crippen LogP contribution in [0.3, 0.4) is 0 Å². The van der Waals surface area contributed by atoms with Crippen LogP contribution >= 0.6 is 0 Å². The van der Waals surface area contributed by atoms with Crippen molar-refractivity contribution >= 4 is 5.97 Å². The fourth-order valence-corrected chi connectivity index (χ4v) is 2.11. The number of hydrogen-bond donors (Lipinski definition) is 1. The summed E-state index contributed by atoms with van der Waals surface area (Å²) in [6.07, 6.45) is 2.22. The highest BCUT2D eigenvalue weighted by Gasteiger charge is 2.41. The molecular weight excluding hydrogens is 242 g/mol. The Morgan fingerprint density at radius 3 is 2.79 bits per heavy atom. The number of benzene rings is 1. The van der Waals surface area contributed by atoms with E-state index in [9.17, 15) is 4.79 Å². The lowest BCUT2D eigenvalue weighted by Crippen LogP contribution is -2.48. The molecule has 0 heterocycles. The monoisotopic (exact) mass is 263 g/mol. The zero-order chi connectivity index (χ0) is 13.9. The lowest BCUT2D eigenvalue weighted by atomic mass is 9.91. The first-order valence-corrected chi connectivity index (χ1v) is 6.69. The van der Waals surface area contributed by atoms with E-state index in [0.29, 0.717) is 12.6 Å². The van der Waals surface area contributed by atoms with Gasteiger partial charge in [-0.1, -0.05) is 12.1 Å². The van der Waals surface area contributed by atoms with E-state index in [1.165, 1.54) is 0 Å². The summed E-state index contributed by atoms with van der Waals surface area (Å²) < 4.78 is 10.5. The second-order valence-electron chi connectivity index (χ2n) is 5.00. The summed E-state index contributed by atoms with van der Waals surface area (Å²) in [6, 6.07) is 7.97. The fraction of sp³-hybridized carbons (Fsp3) is 0.533. The summed E-state index contributed by atoms with van der Waals surface area (Å²) in [7, 11) is 1.62. The zero-order valence-corrected chi connectivity index (χ0v) is 11.7. The smallest absolute Gasteiger partial charge is 0.330 e. The summed E-state index contributed by atoms with van der Waals surface area (Å²) in [6.45, 7) is 4.07. The van der Waals surface area contributed by atoms with Gasteiger partial charge in [-0.25, -0.2) is 4.79 Å². The molecule has 1 unspecified atom stereocenters. The molecule has 0 amide bonds. The van der Waals surface area contributed by atoms with E-state index in [2.05, 4.69) is 5.32 Å². The number of ether oxygens (including phenoxy) is 2. The molecule has 4 nitrogen and oxygen atoms in total. The molecule has 0 aliphatic heterocycles. The average Bonchev–Trinajstić information content (AvgIpc) is 3.22. The molecule has 1 atom stereocenters. The third kappa shape index (κ3) is 3.07. The Bertz CT molecular complexity index is 456. The summed E-state index contributed by atoms with van der Waals surface area (Å²) in [5.41, 5.74) is 0.0586. The molecule has 0 saturated heterocycles. The van der Waals surface area contributed by atoms with Crippen molar-refractivity contribution in [3.63, 3.8) is 0 Å². The van der Waals surface area contributed by atoms with Crippen LogP contribution in [0, 0.1) is 0 Å². The molecular formula is C15H21NO3. The predicted molar refractivity (Wildman–Crippen MR) is 73.1 cm³/mol. The number of carbonyl (C=O) groups is 1. The highest BCUT2D eigenvalue weighted by Crippen LogP contribution is 2.31. The molecule has 1 saturated carbocycles. The minimum absolute atomic E-state index is 0.241. The minimum atomic E-state index is -0.814. The van der Waals surface area contributed by atoms with Gasteiger partial charge in [0.25, 0.3) is 0 Å². The van der Waals surface area contributed by atoms with Crippen LogP contribution in [0.5, 0.6) is 5.75 Å². The maximum Gasteiger partial charge on any atom is 0.330 e. The molecule has 1 aromatic carbocycles. The Kier molecular flexibility index (Phi) is 4.10. The van der Waals surface area contributed by atoms with Gasteiger partial charge < -0.3 is 9.47 Å². The van der Waals surface area contributed by atoms with E-state index in [1.807, 2.05) is 38.1 Å². The first-order valence-electron chi connectivity index (χ1n) is 6.69. The summed E-state index contributed by atoms with van der Waals surface area (Å²) in [5.74, 6) is 0.501. The van der Waals surface area contributed by atoms with Gasteiger partial charge >= 0.3 is 5.97 Å². The molecule has 2 rings (SSSR count). The SMILES string of the molecule is CCOC(=O)C(C)(NC1CC1)c1cccc(OC)c1. The number of nitrogens with one attached hydrogen (secondary N) is 1. The number of methoxy groups -OCH3 is 1. The van der Waals surface area contributed by atoms with Crippen molar-refractivity contribution in [2.75, 3.05) is 13.7 Å². The molecule has 0 radical (unpaired) electrons. The second-order valence-corrected chi connectivity index (χ2v) is 5.00. The predicted octanol–water partition coefficient (Wildman–Crippen LogP) is 2.23. The normalized spacial score (nSPS) is 17.6. The lowest BCUT2D eigenvalue weighted by molar-refractivity contribution is -0.151. The van der Waals surface area contributed by atoms with Crippen molar-refractivity contribution in [1.82, 2.24) is 5.32 Å². The Morgan fingerprint density at radius 1 is 1.47 bits per heavy atom. The molecule has 1 fully saturated rings. The van der Waals surface area contributed by atoms with Crippen LogP contribution in [0.4, 0.5) is 0 Å². The average molecular weight is 263 g/mol. The van der Waals surface area contributed by atoms with Crippen LogP contribution < -0.4 is 10.1 Å². The van der Waals surface area contributed by atoms with Crippen LogP contribution in [-0.4, -0.2) is 25.7 Å². The first kappa shape index (κ1) is 13.9. The van der Waals surface area contributed by atoms with Gasteiger partial charge in [-0.2, -0.15) is 0 Å². The first-order chi connectivity index (χ1) is 9.10. The van der Waals surface area contributed by atoms with Crippen LogP contribution in [0.25, 0.3) is 0 Å². The molecule has 104 valence electrons. The Hall–Kier alpha value is -1.55. The van der Waals surface area contributed by atoms with Gasteiger partial charge in [-0.15, -0.1) is 0 Å². The van der Waals surface area contributed by atoms with Crippen LogP contribution in [0.1, 0.15) is 32.3 Å². The van der Waals surface area contributed by atoms with E-state index < -0.39 is 5.54 Å². The standard InChI is InChI=1S/C15H21NO3/c1-4-19-14(17)15(2,16-12-8-9-12)11-6-5-7-13(10-11)18-3/h5-7,10,12,16H,4,8-9H2,1-3H3. The topological polar surface area (TPSA) is 47.6 Å². The Morgan fingerprint density at radius 2 is 2.21 bits per heavy atom. The van der Waals surface area contributed by atoms with Crippen molar-refractivity contribution in [2.45, 2.75) is 38.3 Å². The molecule has 19 heavy (non-hydrogen) atoms. The minimum Gasteiger partial charge on any atom is -0.497 e. The zero-order valence-electron chi connectivity index (χ0n) is 11.7. The van der Waals surface area contributed by atoms with E-state index >= 15 is 0 Å². The van der Waals surface area contributed by atoms with Crippen molar-refractivity contribution in [3.05, 3.63) is 29.8 Å². The van der Waals surface area contributed by atoms with Crippen LogP contribution in [-0.2, 0) is 15.1 Å². The molecule has 1 aromatic rings. The van der Waals surface area contributed by atoms with Gasteiger partial charge in [0.2, 0.25) is 0 Å². The van der Waals surface area contributed by atoms with Crippen LogP contribution in [0.15, 0.2) is 24.3 Å². The van der Waals surface area contributed by atoms with Gasteiger partial charge in [0.1, 0.15) is 11.3 Å². The third-order valence-electron chi connectivity index (χ3n) is 3.40. The largest absolute Gasteiger partial charge is 0.497 e. The van der Waals surface area contributed by atoms with Gasteiger partial charge in [-0.05, 0) is 44.4 Å². The van der Waals surface area contributed by atoms with Crippen molar-refractivity contribution in [3.8, 4) is 5.75 Å². The molecule has 1 aliphatic rings. The Labute approximate surface area is 114 Å². The van der Waals surface area contributed by atoms with E-state index in [1.54, 1.807) is 7.11 Å². The highest BCUT2D eigenvalue weighted by molar-refractivity contribution is 5.82. The van der Waals surface area contributed by atoms with E-state index in [-0.39, 0.29) is 5.97 Å². The van der Waals surface area contributed by atoms with Gasteiger partial charge in [0.05, 0.1) is 13.7 Å². The van der Waals surface area contributed by atoms with Crippen LogP contribution in [0.2, 0.25) is 0 Å². The lowest BCUT2D eigenvalue weighted by Gasteiger charge is -2.29.